The molecule has 0 unspecified atom stereocenters. The summed E-state index contributed by atoms with van der Waals surface area (Å²) in [6.45, 7) is 1.59. The van der Waals surface area contributed by atoms with E-state index in [-0.39, 0.29) is 6.61 Å². The van der Waals surface area contributed by atoms with E-state index in [0.29, 0.717) is 17.1 Å². The third-order valence-electron chi connectivity index (χ3n) is 2.42. The highest BCUT2D eigenvalue weighted by molar-refractivity contribution is 9.10. The second-order valence-electron chi connectivity index (χ2n) is 3.55. The number of methoxy groups -OCH3 is 2. The fourth-order valence-electron chi connectivity index (χ4n) is 1.38. The Kier molecular flexibility index (Phi) is 5.43. The number of rotatable bonds is 6. The van der Waals surface area contributed by atoms with Crippen LogP contribution in [-0.4, -0.2) is 31.4 Å². The predicted octanol–water partition coefficient (Wildman–Crippen LogP) is 2.46. The molecule has 1 aromatic carbocycles. The lowest BCUT2D eigenvalue weighted by Crippen LogP contribution is -2.19. The van der Waals surface area contributed by atoms with Crippen LogP contribution in [0.25, 0.3) is 0 Å². The highest BCUT2D eigenvalue weighted by Crippen LogP contribution is 2.36. The number of carboxylic acid groups (broad SMARTS) is 1. The van der Waals surface area contributed by atoms with Crippen molar-refractivity contribution in [1.29, 1.82) is 0 Å². The molecule has 0 saturated carbocycles. The molecule has 0 spiro atoms. The first-order valence-corrected chi connectivity index (χ1v) is 6.04. The molecular formula is C12H15BrO5. The van der Waals surface area contributed by atoms with E-state index in [1.54, 1.807) is 12.1 Å². The Hall–Kier alpha value is -1.27. The van der Waals surface area contributed by atoms with Crippen molar-refractivity contribution in [2.75, 3.05) is 14.2 Å². The maximum atomic E-state index is 10.7. The van der Waals surface area contributed by atoms with Gasteiger partial charge in [-0.15, -0.1) is 0 Å². The van der Waals surface area contributed by atoms with Crippen LogP contribution in [0.15, 0.2) is 16.6 Å². The largest absolute Gasteiger partial charge is 0.493 e. The zero-order valence-corrected chi connectivity index (χ0v) is 12.0. The van der Waals surface area contributed by atoms with E-state index in [4.69, 9.17) is 19.3 Å². The van der Waals surface area contributed by atoms with Gasteiger partial charge in [0.25, 0.3) is 0 Å². The maximum Gasteiger partial charge on any atom is 0.332 e. The first-order chi connectivity index (χ1) is 8.51. The summed E-state index contributed by atoms with van der Waals surface area (Å²) in [6.07, 6.45) is -0.882. The van der Waals surface area contributed by atoms with E-state index in [1.165, 1.54) is 21.1 Å². The zero-order valence-electron chi connectivity index (χ0n) is 10.4. The number of ether oxygens (including phenoxy) is 3. The average Bonchev–Trinajstić information content (AvgIpc) is 2.36. The van der Waals surface area contributed by atoms with Crippen molar-refractivity contribution in [2.24, 2.45) is 0 Å². The minimum absolute atomic E-state index is 0.119. The Bertz CT molecular complexity index is 433. The summed E-state index contributed by atoms with van der Waals surface area (Å²) in [5, 5.41) is 8.76. The normalized spacial score (nSPS) is 12.0. The fraction of sp³-hybridized carbons (Fsp3) is 0.417. The SMILES string of the molecule is COc1ccc(Br)c(CO[C@@H](C)C(=O)O)c1OC. The molecule has 0 fully saturated rings. The van der Waals surface area contributed by atoms with Crippen LogP contribution < -0.4 is 9.47 Å². The second kappa shape index (κ2) is 6.61. The number of carbonyl (C=O) groups is 1. The number of halogens is 1. The highest BCUT2D eigenvalue weighted by atomic mass is 79.9. The molecule has 18 heavy (non-hydrogen) atoms. The van der Waals surface area contributed by atoms with E-state index < -0.39 is 12.1 Å². The predicted molar refractivity (Wildman–Crippen MR) is 69.1 cm³/mol. The van der Waals surface area contributed by atoms with E-state index in [1.807, 2.05) is 0 Å². The molecule has 1 rings (SSSR count). The second-order valence-corrected chi connectivity index (χ2v) is 4.41. The Morgan fingerprint density at radius 1 is 1.39 bits per heavy atom. The van der Waals surface area contributed by atoms with E-state index >= 15 is 0 Å². The van der Waals surface area contributed by atoms with Gasteiger partial charge in [0.15, 0.2) is 17.6 Å². The zero-order chi connectivity index (χ0) is 13.7. The van der Waals surface area contributed by atoms with Gasteiger partial charge < -0.3 is 19.3 Å². The van der Waals surface area contributed by atoms with Crippen molar-refractivity contribution < 1.29 is 24.1 Å². The van der Waals surface area contributed by atoms with E-state index in [0.717, 1.165) is 4.47 Å². The van der Waals surface area contributed by atoms with Crippen LogP contribution in [-0.2, 0) is 16.1 Å². The van der Waals surface area contributed by atoms with Crippen LogP contribution >= 0.6 is 15.9 Å². The first-order valence-electron chi connectivity index (χ1n) is 5.25. The first kappa shape index (κ1) is 14.8. The van der Waals surface area contributed by atoms with Crippen LogP contribution in [0.2, 0.25) is 0 Å². The summed E-state index contributed by atoms with van der Waals surface area (Å²) < 4.78 is 16.4. The van der Waals surface area contributed by atoms with Gasteiger partial charge in [0.05, 0.1) is 20.8 Å². The molecular weight excluding hydrogens is 304 g/mol. The minimum atomic E-state index is -1.01. The molecule has 0 aliphatic carbocycles. The molecule has 0 saturated heterocycles. The summed E-state index contributed by atoms with van der Waals surface area (Å²) >= 11 is 3.38. The van der Waals surface area contributed by atoms with Crippen molar-refractivity contribution in [3.8, 4) is 11.5 Å². The lowest BCUT2D eigenvalue weighted by atomic mass is 10.2. The Morgan fingerprint density at radius 2 is 2.06 bits per heavy atom. The molecule has 1 aromatic rings. The number of hydrogen-bond acceptors (Lipinski definition) is 4. The number of hydrogen-bond donors (Lipinski definition) is 1. The van der Waals surface area contributed by atoms with Gasteiger partial charge in [-0.1, -0.05) is 15.9 Å². The van der Waals surface area contributed by atoms with Gasteiger partial charge in [-0.2, -0.15) is 0 Å². The third kappa shape index (κ3) is 3.36. The van der Waals surface area contributed by atoms with E-state index in [2.05, 4.69) is 15.9 Å². The van der Waals surface area contributed by atoms with Crippen molar-refractivity contribution in [3.63, 3.8) is 0 Å². The van der Waals surface area contributed by atoms with Crippen LogP contribution in [0.5, 0.6) is 11.5 Å². The lowest BCUT2D eigenvalue weighted by Gasteiger charge is -2.15. The maximum absolute atomic E-state index is 10.7. The summed E-state index contributed by atoms with van der Waals surface area (Å²) in [5.74, 6) is 0.0970. The van der Waals surface area contributed by atoms with Crippen LogP contribution in [0.1, 0.15) is 12.5 Å². The molecule has 5 nitrogen and oxygen atoms in total. The van der Waals surface area contributed by atoms with Crippen molar-refractivity contribution >= 4 is 21.9 Å². The molecule has 0 amide bonds. The van der Waals surface area contributed by atoms with E-state index in [9.17, 15) is 4.79 Å². The molecule has 0 aliphatic heterocycles. The van der Waals surface area contributed by atoms with Crippen molar-refractivity contribution in [2.45, 2.75) is 19.6 Å². The van der Waals surface area contributed by atoms with Gasteiger partial charge in [0, 0.05) is 10.0 Å². The fourth-order valence-corrected chi connectivity index (χ4v) is 1.81. The van der Waals surface area contributed by atoms with Gasteiger partial charge in [-0.25, -0.2) is 4.79 Å². The van der Waals surface area contributed by atoms with Gasteiger partial charge in [0.2, 0.25) is 0 Å². The smallest absolute Gasteiger partial charge is 0.332 e. The molecule has 0 radical (unpaired) electrons. The van der Waals surface area contributed by atoms with Gasteiger partial charge in [-0.3, -0.25) is 0 Å². The Labute approximate surface area is 114 Å². The van der Waals surface area contributed by atoms with Crippen LogP contribution in [0.3, 0.4) is 0 Å². The highest BCUT2D eigenvalue weighted by Gasteiger charge is 2.17. The molecule has 100 valence electrons. The van der Waals surface area contributed by atoms with Crippen molar-refractivity contribution in [3.05, 3.63) is 22.2 Å². The molecule has 0 aliphatic rings. The van der Waals surface area contributed by atoms with Crippen molar-refractivity contribution in [1.82, 2.24) is 0 Å². The summed E-state index contributed by atoms with van der Waals surface area (Å²) in [6, 6.07) is 3.55. The standard InChI is InChI=1S/C12H15BrO5/c1-7(12(14)15)18-6-8-9(13)4-5-10(16-2)11(8)17-3/h4-5,7H,6H2,1-3H3,(H,14,15)/t7-/m0/s1. The number of carboxylic acids is 1. The van der Waals surface area contributed by atoms with Gasteiger partial charge in [-0.05, 0) is 19.1 Å². The van der Waals surface area contributed by atoms with Gasteiger partial charge >= 0.3 is 5.97 Å². The lowest BCUT2D eigenvalue weighted by molar-refractivity contribution is -0.149. The number of aliphatic carboxylic acids is 1. The molecule has 1 N–H and O–H groups in total. The third-order valence-corrected chi connectivity index (χ3v) is 3.16. The molecule has 0 bridgehead atoms. The average molecular weight is 319 g/mol. The van der Waals surface area contributed by atoms with Gasteiger partial charge in [0.1, 0.15) is 0 Å². The summed E-state index contributed by atoms with van der Waals surface area (Å²) in [7, 11) is 3.06. The Balaban J connectivity index is 2.96. The molecule has 1 atom stereocenters. The molecule has 0 heterocycles. The quantitative estimate of drug-likeness (QED) is 0.872. The van der Waals surface area contributed by atoms with Crippen LogP contribution in [0.4, 0.5) is 0 Å². The monoisotopic (exact) mass is 318 g/mol. The van der Waals surface area contributed by atoms with Crippen LogP contribution in [0, 0.1) is 0 Å². The summed E-state index contributed by atoms with van der Waals surface area (Å²) in [4.78, 5) is 10.7. The Morgan fingerprint density at radius 3 is 2.56 bits per heavy atom. The number of benzene rings is 1. The minimum Gasteiger partial charge on any atom is -0.493 e. The summed E-state index contributed by atoms with van der Waals surface area (Å²) in [5.41, 5.74) is 0.713. The topological polar surface area (TPSA) is 65.0 Å². The molecule has 6 heteroatoms. The molecule has 0 aromatic heterocycles.